The number of hydrogen-bond donors (Lipinski definition) is 4. The van der Waals surface area contributed by atoms with Crippen molar-refractivity contribution < 1.29 is 47.8 Å². The molecule has 0 saturated carbocycles. The Morgan fingerprint density at radius 2 is 1.15 bits per heavy atom. The number of nitrogens with two attached hydrogens (primary N) is 1. The van der Waals surface area contributed by atoms with Crippen molar-refractivity contribution in [1.29, 1.82) is 0 Å². The van der Waals surface area contributed by atoms with E-state index in [1.165, 1.54) is 57.8 Å². The number of esters is 2. The summed E-state index contributed by atoms with van der Waals surface area (Å²) in [6, 6.07) is 0. The van der Waals surface area contributed by atoms with Gasteiger partial charge in [-0.3, -0.25) is 18.6 Å². The van der Waals surface area contributed by atoms with Crippen LogP contribution in [-0.4, -0.2) is 71.7 Å². The van der Waals surface area contributed by atoms with Crippen LogP contribution in [0.15, 0.2) is 48.6 Å². The predicted molar refractivity (Wildman–Crippen MR) is 213 cm³/mol. The number of rotatable bonds is 37. The Morgan fingerprint density at radius 3 is 1.70 bits per heavy atom. The summed E-state index contributed by atoms with van der Waals surface area (Å²) in [6.07, 6.45) is 33.2. The van der Waals surface area contributed by atoms with Crippen molar-refractivity contribution in [2.24, 2.45) is 5.73 Å². The Bertz CT molecular complexity index is 1050. The van der Waals surface area contributed by atoms with E-state index >= 15 is 0 Å². The van der Waals surface area contributed by atoms with Crippen LogP contribution >= 0.6 is 7.82 Å². The van der Waals surface area contributed by atoms with Gasteiger partial charge in [-0.15, -0.1) is 0 Å². The predicted octanol–water partition coefficient (Wildman–Crippen LogP) is 9.10. The minimum absolute atomic E-state index is 0.0131. The standard InChI is InChI=1S/C41H74NO10P/c1-3-5-7-9-11-13-15-17-19-21-23-25-27-31-41(46)52-37(36-51-53(47,48)50-34-33-42)35-49-40(45)32-28-30-39(44)38(43)29-26-24-22-20-18-16-14-12-10-8-6-4-2/h6,8,12,14,18,20,24,26,37-39,43-44H,3-5,7,9-11,13,15-17,19,21-23,25,27-36,42H2,1-2H3,(H,47,48)/b8-6-,14-12-,20-18-,26-24-/t37-,38+,39+/m1/s1. The van der Waals surface area contributed by atoms with Gasteiger partial charge in [0.1, 0.15) is 6.61 Å². The summed E-state index contributed by atoms with van der Waals surface area (Å²) in [4.78, 5) is 34.8. The average molecular weight is 772 g/mol. The van der Waals surface area contributed by atoms with Gasteiger partial charge in [-0.1, -0.05) is 140 Å². The van der Waals surface area contributed by atoms with Gasteiger partial charge in [0, 0.05) is 19.4 Å². The molecule has 0 rings (SSSR count). The van der Waals surface area contributed by atoms with Crippen LogP contribution in [0.3, 0.4) is 0 Å². The lowest BCUT2D eigenvalue weighted by Gasteiger charge is -2.20. The zero-order chi connectivity index (χ0) is 39.3. The number of phosphoric ester groups is 1. The van der Waals surface area contributed by atoms with Crippen LogP contribution < -0.4 is 5.73 Å². The van der Waals surface area contributed by atoms with E-state index in [1.807, 2.05) is 18.2 Å². The molecule has 0 bridgehead atoms. The van der Waals surface area contributed by atoms with E-state index in [9.17, 15) is 29.3 Å². The Labute approximate surface area is 321 Å². The number of hydrogen-bond acceptors (Lipinski definition) is 10. The van der Waals surface area contributed by atoms with Crippen LogP contribution in [0.1, 0.15) is 155 Å². The van der Waals surface area contributed by atoms with E-state index in [-0.39, 0.29) is 45.4 Å². The third-order valence-electron chi connectivity index (χ3n) is 8.43. The molecule has 0 aliphatic heterocycles. The second-order valence-corrected chi connectivity index (χ2v) is 14.9. The highest BCUT2D eigenvalue weighted by atomic mass is 31.2. The maximum Gasteiger partial charge on any atom is 0.472 e. The minimum Gasteiger partial charge on any atom is -0.462 e. The molecule has 0 aromatic heterocycles. The van der Waals surface area contributed by atoms with Gasteiger partial charge in [-0.05, 0) is 51.4 Å². The van der Waals surface area contributed by atoms with Crippen LogP contribution in [0, 0.1) is 0 Å². The SMILES string of the molecule is CC/C=C\C/C=C\C/C=C\C/C=C\C[C@H](O)[C@@H](O)CCCC(=O)OC[C@H](COP(=O)(O)OCCN)OC(=O)CCCCCCCCCCCCCCC. The van der Waals surface area contributed by atoms with Crippen molar-refractivity contribution in [3.8, 4) is 0 Å². The molecule has 308 valence electrons. The zero-order valence-corrected chi connectivity index (χ0v) is 33.9. The summed E-state index contributed by atoms with van der Waals surface area (Å²) in [5.41, 5.74) is 5.32. The Morgan fingerprint density at radius 1 is 0.642 bits per heavy atom. The zero-order valence-electron chi connectivity index (χ0n) is 33.0. The van der Waals surface area contributed by atoms with Gasteiger partial charge < -0.3 is 30.3 Å². The molecule has 1 unspecified atom stereocenters. The molecule has 4 atom stereocenters. The lowest BCUT2D eigenvalue weighted by molar-refractivity contribution is -0.161. The number of aliphatic hydroxyl groups excluding tert-OH is 2. The van der Waals surface area contributed by atoms with Crippen LogP contribution in [-0.2, 0) is 32.7 Å². The van der Waals surface area contributed by atoms with Crippen LogP contribution in [0.5, 0.6) is 0 Å². The van der Waals surface area contributed by atoms with Crippen molar-refractivity contribution in [3.05, 3.63) is 48.6 Å². The van der Waals surface area contributed by atoms with Crippen molar-refractivity contribution in [2.45, 2.75) is 173 Å². The van der Waals surface area contributed by atoms with Gasteiger partial charge in [-0.25, -0.2) is 4.57 Å². The van der Waals surface area contributed by atoms with Crippen molar-refractivity contribution in [3.63, 3.8) is 0 Å². The first-order valence-corrected chi connectivity index (χ1v) is 21.8. The third kappa shape index (κ3) is 35.4. The molecule has 0 fully saturated rings. The van der Waals surface area contributed by atoms with Gasteiger partial charge in [0.15, 0.2) is 6.10 Å². The Hall–Kier alpha value is -2.11. The molecule has 0 spiro atoms. The first kappa shape index (κ1) is 50.9. The molecule has 53 heavy (non-hydrogen) atoms. The summed E-state index contributed by atoms with van der Waals surface area (Å²) < 4.78 is 32.5. The van der Waals surface area contributed by atoms with E-state index in [4.69, 9.17) is 24.3 Å². The number of carbonyl (C=O) groups excluding carboxylic acids is 2. The molecule has 0 aromatic rings. The fourth-order valence-corrected chi connectivity index (χ4v) is 6.07. The average Bonchev–Trinajstić information content (AvgIpc) is 3.14. The molecular weight excluding hydrogens is 697 g/mol. The third-order valence-corrected chi connectivity index (χ3v) is 9.41. The quantitative estimate of drug-likeness (QED) is 0.0205. The van der Waals surface area contributed by atoms with Crippen molar-refractivity contribution in [2.75, 3.05) is 26.4 Å². The summed E-state index contributed by atoms with van der Waals surface area (Å²) in [5, 5.41) is 20.6. The van der Waals surface area contributed by atoms with E-state index in [0.29, 0.717) is 12.8 Å². The lowest BCUT2D eigenvalue weighted by atomic mass is 10.0. The minimum atomic E-state index is -4.44. The lowest BCUT2D eigenvalue weighted by Crippen LogP contribution is -2.30. The maximum atomic E-state index is 12.5. The monoisotopic (exact) mass is 772 g/mol. The number of aliphatic hydroxyl groups is 2. The van der Waals surface area contributed by atoms with Crippen molar-refractivity contribution >= 4 is 19.8 Å². The molecule has 0 heterocycles. The number of ether oxygens (including phenoxy) is 2. The van der Waals surface area contributed by atoms with Gasteiger partial charge in [0.25, 0.3) is 0 Å². The molecule has 0 saturated heterocycles. The summed E-state index contributed by atoms with van der Waals surface area (Å²) in [7, 11) is -4.44. The summed E-state index contributed by atoms with van der Waals surface area (Å²) in [5.74, 6) is -1.12. The normalized spacial score (nSPS) is 15.1. The van der Waals surface area contributed by atoms with Crippen LogP contribution in [0.4, 0.5) is 0 Å². The highest BCUT2D eigenvalue weighted by Crippen LogP contribution is 2.43. The molecule has 11 nitrogen and oxygen atoms in total. The second-order valence-electron chi connectivity index (χ2n) is 13.4. The summed E-state index contributed by atoms with van der Waals surface area (Å²) >= 11 is 0. The molecule has 5 N–H and O–H groups in total. The Balaban J connectivity index is 4.44. The van der Waals surface area contributed by atoms with Gasteiger partial charge >= 0.3 is 19.8 Å². The largest absolute Gasteiger partial charge is 0.472 e. The molecule has 0 amide bonds. The van der Waals surface area contributed by atoms with Crippen molar-refractivity contribution in [1.82, 2.24) is 0 Å². The summed E-state index contributed by atoms with van der Waals surface area (Å²) in [6.45, 7) is 3.26. The second kappa shape index (κ2) is 36.8. The molecule has 12 heteroatoms. The molecular formula is C41H74NO10P. The maximum absolute atomic E-state index is 12.5. The van der Waals surface area contributed by atoms with E-state index < -0.39 is 44.7 Å². The molecule has 0 aliphatic carbocycles. The first-order chi connectivity index (χ1) is 25.6. The highest BCUT2D eigenvalue weighted by molar-refractivity contribution is 7.47. The number of allylic oxidation sites excluding steroid dienone is 7. The van der Waals surface area contributed by atoms with Crippen LogP contribution in [0.25, 0.3) is 0 Å². The van der Waals surface area contributed by atoms with Gasteiger partial charge in [0.2, 0.25) is 0 Å². The van der Waals surface area contributed by atoms with E-state index in [0.717, 1.165) is 44.9 Å². The first-order valence-electron chi connectivity index (χ1n) is 20.3. The van der Waals surface area contributed by atoms with Gasteiger partial charge in [-0.2, -0.15) is 0 Å². The fourth-order valence-electron chi connectivity index (χ4n) is 5.31. The smallest absolute Gasteiger partial charge is 0.462 e. The molecule has 0 radical (unpaired) electrons. The highest BCUT2D eigenvalue weighted by Gasteiger charge is 2.26. The fraction of sp³-hybridized carbons (Fsp3) is 0.756. The van der Waals surface area contributed by atoms with Crippen LogP contribution in [0.2, 0.25) is 0 Å². The van der Waals surface area contributed by atoms with E-state index in [1.54, 1.807) is 0 Å². The Kier molecular flexibility index (Phi) is 35.4. The topological polar surface area (TPSA) is 175 Å². The van der Waals surface area contributed by atoms with E-state index in [2.05, 4.69) is 44.2 Å². The number of phosphoric acid groups is 1. The number of unbranched alkanes of at least 4 members (excludes halogenated alkanes) is 12. The molecule has 0 aromatic carbocycles. The van der Waals surface area contributed by atoms with Gasteiger partial charge in [0.05, 0.1) is 25.4 Å². The molecule has 0 aliphatic rings. The number of carbonyl (C=O) groups is 2.